The fourth-order valence-electron chi connectivity index (χ4n) is 2.10. The van der Waals surface area contributed by atoms with E-state index in [0.717, 1.165) is 13.0 Å². The fourth-order valence-corrected chi connectivity index (χ4v) is 2.10. The molecule has 6 nitrogen and oxygen atoms in total. The van der Waals surface area contributed by atoms with Gasteiger partial charge in [-0.15, -0.1) is 0 Å². The standard InChI is InChI=1S/C15H21N3O3/c1-2-15(7-8-15)10-17-13(19)9-21-12-5-3-11(4-6-12)14(16)18-20/h3-6,20H,2,7-10H2,1H3,(H2,16,18)(H,17,19). The monoisotopic (exact) mass is 291 g/mol. The summed E-state index contributed by atoms with van der Waals surface area (Å²) < 4.78 is 5.40. The average molecular weight is 291 g/mol. The van der Waals surface area contributed by atoms with Gasteiger partial charge in [-0.1, -0.05) is 12.1 Å². The van der Waals surface area contributed by atoms with Crippen LogP contribution in [0.4, 0.5) is 0 Å². The van der Waals surface area contributed by atoms with Gasteiger partial charge in [0.15, 0.2) is 12.4 Å². The Hall–Kier alpha value is -2.24. The van der Waals surface area contributed by atoms with Crippen molar-refractivity contribution >= 4 is 11.7 Å². The van der Waals surface area contributed by atoms with E-state index in [2.05, 4.69) is 17.4 Å². The second-order valence-corrected chi connectivity index (χ2v) is 5.43. The van der Waals surface area contributed by atoms with Gasteiger partial charge in [0.2, 0.25) is 0 Å². The maximum atomic E-state index is 11.7. The van der Waals surface area contributed by atoms with Crippen LogP contribution in [-0.4, -0.2) is 30.1 Å². The Morgan fingerprint density at radius 1 is 1.43 bits per heavy atom. The lowest BCUT2D eigenvalue weighted by atomic mass is 10.0. The second-order valence-electron chi connectivity index (χ2n) is 5.43. The van der Waals surface area contributed by atoms with Crippen LogP contribution in [0.25, 0.3) is 0 Å². The van der Waals surface area contributed by atoms with Crippen LogP contribution < -0.4 is 15.8 Å². The van der Waals surface area contributed by atoms with Crippen molar-refractivity contribution in [2.24, 2.45) is 16.3 Å². The Labute approximate surface area is 124 Å². The number of hydrogen-bond donors (Lipinski definition) is 3. The number of oxime groups is 1. The molecule has 0 heterocycles. The number of benzene rings is 1. The Morgan fingerprint density at radius 2 is 2.10 bits per heavy atom. The summed E-state index contributed by atoms with van der Waals surface area (Å²) in [5.41, 5.74) is 6.38. The molecule has 1 amide bonds. The molecule has 4 N–H and O–H groups in total. The number of hydrogen-bond acceptors (Lipinski definition) is 4. The van der Waals surface area contributed by atoms with Crippen molar-refractivity contribution in [3.8, 4) is 5.75 Å². The van der Waals surface area contributed by atoms with Gasteiger partial charge in [-0.05, 0) is 48.9 Å². The summed E-state index contributed by atoms with van der Waals surface area (Å²) in [7, 11) is 0. The molecule has 1 fully saturated rings. The molecular formula is C15H21N3O3. The van der Waals surface area contributed by atoms with Gasteiger partial charge in [0.05, 0.1) is 0 Å². The molecule has 1 aromatic rings. The number of amidine groups is 1. The highest BCUT2D eigenvalue weighted by Gasteiger charge is 2.40. The molecule has 2 rings (SSSR count). The van der Waals surface area contributed by atoms with Gasteiger partial charge in [0, 0.05) is 12.1 Å². The zero-order chi connectivity index (χ0) is 15.3. The number of amides is 1. The fraction of sp³-hybridized carbons (Fsp3) is 0.467. The summed E-state index contributed by atoms with van der Waals surface area (Å²) >= 11 is 0. The molecule has 0 aromatic heterocycles. The normalized spacial score (nSPS) is 16.3. The third-order valence-electron chi connectivity index (χ3n) is 4.00. The van der Waals surface area contributed by atoms with E-state index >= 15 is 0 Å². The minimum absolute atomic E-state index is 0.0112. The predicted molar refractivity (Wildman–Crippen MR) is 79.4 cm³/mol. The molecule has 1 saturated carbocycles. The first-order valence-electron chi connectivity index (χ1n) is 7.06. The van der Waals surface area contributed by atoms with Gasteiger partial charge < -0.3 is 21.0 Å². The van der Waals surface area contributed by atoms with Crippen LogP contribution in [0, 0.1) is 5.41 Å². The highest BCUT2D eigenvalue weighted by atomic mass is 16.5. The number of carbonyl (C=O) groups is 1. The zero-order valence-corrected chi connectivity index (χ0v) is 12.1. The van der Waals surface area contributed by atoms with Crippen molar-refractivity contribution in [2.45, 2.75) is 26.2 Å². The number of rotatable bonds is 7. The quantitative estimate of drug-likeness (QED) is 0.307. The van der Waals surface area contributed by atoms with Crippen molar-refractivity contribution < 1.29 is 14.7 Å². The smallest absolute Gasteiger partial charge is 0.257 e. The van der Waals surface area contributed by atoms with Crippen molar-refractivity contribution in [1.29, 1.82) is 0 Å². The molecule has 0 spiro atoms. The van der Waals surface area contributed by atoms with E-state index in [9.17, 15) is 4.79 Å². The zero-order valence-electron chi connectivity index (χ0n) is 12.1. The van der Waals surface area contributed by atoms with Crippen LogP contribution in [0.3, 0.4) is 0 Å². The predicted octanol–water partition coefficient (Wildman–Crippen LogP) is 1.47. The molecule has 0 atom stereocenters. The van der Waals surface area contributed by atoms with Crippen molar-refractivity contribution in [2.75, 3.05) is 13.2 Å². The summed E-state index contributed by atoms with van der Waals surface area (Å²) in [6, 6.07) is 6.68. The molecule has 1 aliphatic carbocycles. The first-order chi connectivity index (χ1) is 10.1. The minimum Gasteiger partial charge on any atom is -0.484 e. The van der Waals surface area contributed by atoms with Crippen LogP contribution in [0.1, 0.15) is 31.7 Å². The van der Waals surface area contributed by atoms with E-state index in [1.54, 1.807) is 24.3 Å². The number of ether oxygens (including phenoxy) is 1. The lowest BCUT2D eigenvalue weighted by Gasteiger charge is -2.13. The van der Waals surface area contributed by atoms with E-state index in [1.807, 2.05) is 0 Å². The molecule has 21 heavy (non-hydrogen) atoms. The minimum atomic E-state index is -0.116. The van der Waals surface area contributed by atoms with Crippen LogP contribution in [0.5, 0.6) is 5.75 Å². The number of nitrogens with one attached hydrogen (secondary N) is 1. The maximum absolute atomic E-state index is 11.7. The topological polar surface area (TPSA) is 96.9 Å². The van der Waals surface area contributed by atoms with Crippen molar-refractivity contribution in [3.05, 3.63) is 29.8 Å². The van der Waals surface area contributed by atoms with Crippen LogP contribution in [0.2, 0.25) is 0 Å². The van der Waals surface area contributed by atoms with Gasteiger partial charge in [-0.2, -0.15) is 0 Å². The number of nitrogens with zero attached hydrogens (tertiary/aromatic N) is 1. The van der Waals surface area contributed by atoms with Gasteiger partial charge >= 0.3 is 0 Å². The van der Waals surface area contributed by atoms with E-state index in [1.165, 1.54) is 12.8 Å². The summed E-state index contributed by atoms with van der Waals surface area (Å²) in [4.78, 5) is 11.7. The lowest BCUT2D eigenvalue weighted by Crippen LogP contribution is -2.33. The SMILES string of the molecule is CCC1(CNC(=O)COc2ccc(/C(N)=N/O)cc2)CC1. The van der Waals surface area contributed by atoms with E-state index < -0.39 is 0 Å². The van der Waals surface area contributed by atoms with Crippen molar-refractivity contribution in [3.63, 3.8) is 0 Å². The third-order valence-corrected chi connectivity index (χ3v) is 4.00. The molecule has 0 bridgehead atoms. The molecule has 0 aliphatic heterocycles. The molecule has 114 valence electrons. The highest BCUT2D eigenvalue weighted by Crippen LogP contribution is 2.47. The molecule has 1 aromatic carbocycles. The molecule has 1 aliphatic rings. The Balaban J connectivity index is 1.76. The molecule has 6 heteroatoms. The lowest BCUT2D eigenvalue weighted by molar-refractivity contribution is -0.123. The van der Waals surface area contributed by atoms with Gasteiger partial charge in [0.1, 0.15) is 5.75 Å². The summed E-state index contributed by atoms with van der Waals surface area (Å²) in [5, 5.41) is 14.4. The number of nitrogens with two attached hydrogens (primary N) is 1. The van der Waals surface area contributed by atoms with Crippen LogP contribution >= 0.6 is 0 Å². The maximum Gasteiger partial charge on any atom is 0.257 e. The molecule has 0 radical (unpaired) electrons. The molecular weight excluding hydrogens is 270 g/mol. The summed E-state index contributed by atoms with van der Waals surface area (Å²) in [6.07, 6.45) is 3.49. The Kier molecular flexibility index (Phi) is 4.67. The Bertz CT molecular complexity index is 521. The average Bonchev–Trinajstić information content (AvgIpc) is 3.31. The largest absolute Gasteiger partial charge is 0.484 e. The third kappa shape index (κ3) is 4.11. The van der Waals surface area contributed by atoms with E-state index in [0.29, 0.717) is 16.7 Å². The summed E-state index contributed by atoms with van der Waals surface area (Å²) in [5.74, 6) is 0.486. The van der Waals surface area contributed by atoms with Gasteiger partial charge in [-0.25, -0.2) is 0 Å². The summed E-state index contributed by atoms with van der Waals surface area (Å²) in [6.45, 7) is 2.87. The van der Waals surface area contributed by atoms with Gasteiger partial charge in [-0.3, -0.25) is 4.79 Å². The van der Waals surface area contributed by atoms with Crippen LogP contribution in [-0.2, 0) is 4.79 Å². The molecule has 0 unspecified atom stereocenters. The second kappa shape index (κ2) is 6.47. The Morgan fingerprint density at radius 3 is 2.62 bits per heavy atom. The van der Waals surface area contributed by atoms with Crippen molar-refractivity contribution in [1.82, 2.24) is 5.32 Å². The number of carbonyl (C=O) groups excluding carboxylic acids is 1. The van der Waals surface area contributed by atoms with Crippen LogP contribution in [0.15, 0.2) is 29.4 Å². The molecule has 0 saturated heterocycles. The first-order valence-corrected chi connectivity index (χ1v) is 7.06. The first kappa shape index (κ1) is 15.2. The highest BCUT2D eigenvalue weighted by molar-refractivity contribution is 5.97. The van der Waals surface area contributed by atoms with Gasteiger partial charge in [0.25, 0.3) is 5.91 Å². The van der Waals surface area contributed by atoms with E-state index in [4.69, 9.17) is 15.7 Å². The van der Waals surface area contributed by atoms with E-state index in [-0.39, 0.29) is 18.3 Å².